The van der Waals surface area contributed by atoms with Gasteiger partial charge in [-0.05, 0) is 66.5 Å². The van der Waals surface area contributed by atoms with Gasteiger partial charge in [-0.15, -0.1) is 0 Å². The van der Waals surface area contributed by atoms with Crippen molar-refractivity contribution in [3.8, 4) is 28.4 Å². The van der Waals surface area contributed by atoms with Crippen LogP contribution in [0.5, 0.6) is 17.2 Å². The molecule has 0 spiro atoms. The van der Waals surface area contributed by atoms with Gasteiger partial charge in [0.1, 0.15) is 11.1 Å². The van der Waals surface area contributed by atoms with Crippen molar-refractivity contribution in [2.75, 3.05) is 35.0 Å². The minimum Gasteiger partial charge on any atom is -0.493 e. The Bertz CT molecular complexity index is 1860. The van der Waals surface area contributed by atoms with Crippen LogP contribution in [0.25, 0.3) is 21.9 Å². The third kappa shape index (κ3) is 6.58. The number of hydrogen-bond acceptors (Lipinski definition) is 9. The van der Waals surface area contributed by atoms with Gasteiger partial charge in [0.05, 0.1) is 41.6 Å². The number of hydrogen-bond donors (Lipinski definition) is 0. The molecule has 0 N–H and O–H groups in total. The molecule has 0 radical (unpaired) electrons. The van der Waals surface area contributed by atoms with Crippen molar-refractivity contribution in [1.82, 2.24) is 14.1 Å². The molecule has 0 saturated carbocycles. The van der Waals surface area contributed by atoms with Gasteiger partial charge in [0.25, 0.3) is 11.1 Å². The van der Waals surface area contributed by atoms with Crippen LogP contribution >= 0.6 is 0 Å². The average Bonchev–Trinajstić information content (AvgIpc) is 3.01. The van der Waals surface area contributed by atoms with E-state index in [0.717, 1.165) is 5.69 Å². The van der Waals surface area contributed by atoms with E-state index in [1.54, 1.807) is 36.7 Å². The molecule has 0 aliphatic rings. The number of pyridine rings is 3. The number of rotatable bonds is 11. The molecule has 4 rings (SSSR count). The van der Waals surface area contributed by atoms with Crippen molar-refractivity contribution in [2.45, 2.75) is 58.9 Å². The first-order chi connectivity index (χ1) is 21.7. The Hall–Kier alpha value is -4.42. The largest absolute Gasteiger partial charge is 0.493 e. The van der Waals surface area contributed by atoms with Gasteiger partial charge in [0.2, 0.25) is 5.75 Å². The lowest BCUT2D eigenvalue weighted by Gasteiger charge is -2.36. The van der Waals surface area contributed by atoms with E-state index in [2.05, 4.69) is 38.8 Å². The fourth-order valence-corrected chi connectivity index (χ4v) is 6.18. The van der Waals surface area contributed by atoms with Crippen LogP contribution in [-0.4, -0.2) is 63.5 Å². The predicted octanol–water partition coefficient (Wildman–Crippen LogP) is 5.42. The van der Waals surface area contributed by atoms with E-state index in [-0.39, 0.29) is 34.6 Å². The van der Waals surface area contributed by atoms with Crippen molar-refractivity contribution in [1.29, 1.82) is 0 Å². The van der Waals surface area contributed by atoms with Crippen molar-refractivity contribution in [3.63, 3.8) is 0 Å². The number of fused-ring (bicyclic) bond motifs is 1. The molecule has 0 atom stereocenters. The summed E-state index contributed by atoms with van der Waals surface area (Å²) in [5, 5.41) is 0.213. The van der Waals surface area contributed by atoms with Gasteiger partial charge in [-0.2, -0.15) is 0 Å². The van der Waals surface area contributed by atoms with Crippen molar-refractivity contribution < 1.29 is 28.2 Å². The third-order valence-corrected chi connectivity index (χ3v) is 13.2. The topological polar surface area (TPSA) is 120 Å². The highest BCUT2D eigenvalue weighted by atomic mass is 28.4. The summed E-state index contributed by atoms with van der Waals surface area (Å²) in [5.41, 5.74) is 1.08. The van der Waals surface area contributed by atoms with Gasteiger partial charge in [-0.3, -0.25) is 19.1 Å². The van der Waals surface area contributed by atoms with E-state index in [9.17, 15) is 14.4 Å². The molecule has 12 heteroatoms. The Labute approximate surface area is 269 Å². The van der Waals surface area contributed by atoms with Gasteiger partial charge < -0.3 is 27.9 Å². The van der Waals surface area contributed by atoms with E-state index in [0.29, 0.717) is 40.5 Å². The molecule has 3 heterocycles. The minimum atomic E-state index is -2.07. The second-order valence-corrected chi connectivity index (χ2v) is 17.3. The third-order valence-electron chi connectivity index (χ3n) is 8.64. The van der Waals surface area contributed by atoms with Gasteiger partial charge >= 0.3 is 5.97 Å². The van der Waals surface area contributed by atoms with Crippen molar-refractivity contribution in [2.24, 2.45) is 0 Å². The average molecular weight is 650 g/mol. The summed E-state index contributed by atoms with van der Waals surface area (Å²) < 4.78 is 31.1. The highest BCUT2D eigenvalue weighted by Gasteiger charge is 2.37. The highest BCUT2D eigenvalue weighted by molar-refractivity contribution is 6.74. The van der Waals surface area contributed by atoms with Crippen molar-refractivity contribution >= 4 is 25.1 Å². The fourth-order valence-electron chi connectivity index (χ4n) is 5.14. The number of ether oxygens (including phenoxy) is 4. The van der Waals surface area contributed by atoms with Crippen LogP contribution in [0.2, 0.25) is 18.1 Å². The van der Waals surface area contributed by atoms with Crippen LogP contribution in [0.1, 0.15) is 42.5 Å². The number of methoxy groups -OCH3 is 4. The zero-order valence-corrected chi connectivity index (χ0v) is 29.3. The summed E-state index contributed by atoms with van der Waals surface area (Å²) in [6.45, 7) is 13.1. The SMILES string of the molecule is COC(=O)c1c(-c2cc(OC)c(OC)c(OC)c2)c2ccn(CCO[Si](C)(C)C(C)(C)C)c(=O)c2c(=O)n1Cc1ccnc(C)c1. The van der Waals surface area contributed by atoms with Gasteiger partial charge in [0, 0.05) is 35.6 Å². The fraction of sp³-hybridized carbons (Fsp3) is 0.412. The molecule has 1 aromatic carbocycles. The number of aryl methyl sites for hydroxylation is 1. The summed E-state index contributed by atoms with van der Waals surface area (Å²) in [6, 6.07) is 8.60. The van der Waals surface area contributed by atoms with E-state index in [1.807, 2.05) is 13.0 Å². The van der Waals surface area contributed by atoms with Crippen molar-refractivity contribution in [3.05, 3.63) is 80.4 Å². The molecule has 0 aliphatic heterocycles. The van der Waals surface area contributed by atoms with E-state index < -0.39 is 25.4 Å². The quantitative estimate of drug-likeness (QED) is 0.155. The molecule has 0 unspecified atom stereocenters. The lowest BCUT2D eigenvalue weighted by Crippen LogP contribution is -2.42. The second kappa shape index (κ2) is 13.5. The number of carbonyl (C=O) groups is 1. The summed E-state index contributed by atoms with van der Waals surface area (Å²) in [6.07, 6.45) is 3.25. The standard InChI is InChI=1S/C34H43N3O8Si/c1-21-17-22(11-13-35-21)20-37-29(33(40)44-8)27(23-18-25(41-5)30(43-7)26(19-23)42-6)24-12-14-36(31(38)28(24)32(37)39)15-16-45-46(9,10)34(2,3)4/h11-14,17-19H,15-16,20H2,1-10H3. The minimum absolute atomic E-state index is 0.0000544. The first kappa shape index (κ1) is 34.5. The molecular formula is C34H43N3O8Si. The van der Waals surface area contributed by atoms with Gasteiger partial charge in [-0.25, -0.2) is 4.79 Å². The van der Waals surface area contributed by atoms with Crippen LogP contribution in [0.4, 0.5) is 0 Å². The number of aromatic nitrogens is 3. The summed E-state index contributed by atoms with van der Waals surface area (Å²) >= 11 is 0. The second-order valence-electron chi connectivity index (χ2n) is 12.5. The van der Waals surface area contributed by atoms with E-state index >= 15 is 0 Å². The maximum absolute atomic E-state index is 14.4. The molecular weight excluding hydrogens is 606 g/mol. The monoisotopic (exact) mass is 649 g/mol. The Morgan fingerprint density at radius 1 is 0.935 bits per heavy atom. The predicted molar refractivity (Wildman–Crippen MR) is 180 cm³/mol. The molecule has 0 aliphatic carbocycles. The molecule has 0 fully saturated rings. The first-order valence-corrected chi connectivity index (χ1v) is 17.8. The molecule has 11 nitrogen and oxygen atoms in total. The van der Waals surface area contributed by atoms with E-state index in [1.165, 1.54) is 37.6 Å². The van der Waals surface area contributed by atoms with Crippen LogP contribution < -0.4 is 25.3 Å². The lowest BCUT2D eigenvalue weighted by molar-refractivity contribution is 0.0588. The Kier molecular flexibility index (Phi) is 10.1. The molecule has 0 amide bonds. The van der Waals surface area contributed by atoms with E-state index in [4.69, 9.17) is 23.4 Å². The molecule has 246 valence electrons. The summed E-state index contributed by atoms with van der Waals surface area (Å²) in [5.74, 6) is 0.265. The molecule has 3 aromatic heterocycles. The summed E-state index contributed by atoms with van der Waals surface area (Å²) in [7, 11) is 3.63. The Balaban J connectivity index is 2.07. The van der Waals surface area contributed by atoms with Crippen LogP contribution in [-0.2, 0) is 22.3 Å². The summed E-state index contributed by atoms with van der Waals surface area (Å²) in [4.78, 5) is 46.4. The number of nitrogens with zero attached hydrogens (tertiary/aromatic N) is 3. The van der Waals surface area contributed by atoms with Gasteiger partial charge in [0.15, 0.2) is 19.8 Å². The van der Waals surface area contributed by atoms with Crippen LogP contribution in [0.3, 0.4) is 0 Å². The van der Waals surface area contributed by atoms with Gasteiger partial charge in [-0.1, -0.05) is 20.8 Å². The zero-order chi connectivity index (χ0) is 34.0. The smallest absolute Gasteiger partial charge is 0.355 e. The highest BCUT2D eigenvalue weighted by Crippen LogP contribution is 2.43. The number of benzene rings is 1. The molecule has 0 bridgehead atoms. The molecule has 46 heavy (non-hydrogen) atoms. The van der Waals surface area contributed by atoms with Crippen LogP contribution in [0, 0.1) is 6.92 Å². The zero-order valence-electron chi connectivity index (χ0n) is 28.3. The number of esters is 1. The number of carbonyl (C=O) groups excluding carboxylic acids is 1. The Morgan fingerprint density at radius 2 is 1.59 bits per heavy atom. The Morgan fingerprint density at radius 3 is 2.13 bits per heavy atom. The normalized spacial score (nSPS) is 11.9. The molecule has 4 aromatic rings. The molecule has 0 saturated heterocycles. The maximum Gasteiger partial charge on any atom is 0.355 e. The first-order valence-electron chi connectivity index (χ1n) is 14.9. The van der Waals surface area contributed by atoms with Crippen LogP contribution in [0.15, 0.2) is 52.3 Å². The lowest BCUT2D eigenvalue weighted by atomic mass is 9.96. The maximum atomic E-state index is 14.4.